The SMILES string of the molecule is COCCCS(=O)(=O)c1cc(C(=O)O)cc(C)c1C. The topological polar surface area (TPSA) is 80.7 Å². The Balaban J connectivity index is 3.21. The van der Waals surface area contributed by atoms with E-state index in [9.17, 15) is 13.2 Å². The lowest BCUT2D eigenvalue weighted by Crippen LogP contribution is -2.12. The summed E-state index contributed by atoms with van der Waals surface area (Å²) in [6.07, 6.45) is 0.384. The van der Waals surface area contributed by atoms with Crippen molar-refractivity contribution in [2.75, 3.05) is 19.5 Å². The second kappa shape index (κ2) is 6.16. The molecule has 19 heavy (non-hydrogen) atoms. The smallest absolute Gasteiger partial charge is 0.335 e. The normalized spacial score (nSPS) is 11.5. The van der Waals surface area contributed by atoms with E-state index in [1.54, 1.807) is 13.8 Å². The minimum atomic E-state index is -3.49. The zero-order chi connectivity index (χ0) is 14.6. The number of aryl methyl sites for hydroxylation is 1. The van der Waals surface area contributed by atoms with Crippen LogP contribution in [0.15, 0.2) is 17.0 Å². The third kappa shape index (κ3) is 3.78. The molecule has 0 aliphatic rings. The molecule has 0 atom stereocenters. The number of hydrogen-bond acceptors (Lipinski definition) is 4. The standard InChI is InChI=1S/C13H18O5S/c1-9-7-11(13(14)15)8-12(10(9)2)19(16,17)6-4-5-18-3/h7-8H,4-6H2,1-3H3,(H,14,15). The van der Waals surface area contributed by atoms with Gasteiger partial charge in [-0.05, 0) is 43.5 Å². The van der Waals surface area contributed by atoms with Crippen LogP contribution in [-0.2, 0) is 14.6 Å². The summed E-state index contributed by atoms with van der Waals surface area (Å²) >= 11 is 0. The van der Waals surface area contributed by atoms with Crippen LogP contribution >= 0.6 is 0 Å². The summed E-state index contributed by atoms with van der Waals surface area (Å²) < 4.78 is 29.2. The van der Waals surface area contributed by atoms with Gasteiger partial charge in [0.2, 0.25) is 0 Å². The molecule has 0 spiro atoms. The average molecular weight is 286 g/mol. The van der Waals surface area contributed by atoms with Gasteiger partial charge in [-0.2, -0.15) is 0 Å². The highest BCUT2D eigenvalue weighted by Gasteiger charge is 2.20. The van der Waals surface area contributed by atoms with Crippen molar-refractivity contribution in [3.63, 3.8) is 0 Å². The Morgan fingerprint density at radius 1 is 1.32 bits per heavy atom. The number of rotatable bonds is 6. The van der Waals surface area contributed by atoms with E-state index in [1.165, 1.54) is 19.2 Å². The van der Waals surface area contributed by atoms with Crippen molar-refractivity contribution in [3.05, 3.63) is 28.8 Å². The summed E-state index contributed by atoms with van der Waals surface area (Å²) in [5, 5.41) is 8.99. The van der Waals surface area contributed by atoms with Crippen LogP contribution < -0.4 is 0 Å². The fraction of sp³-hybridized carbons (Fsp3) is 0.462. The molecule has 0 aliphatic heterocycles. The van der Waals surface area contributed by atoms with Crippen molar-refractivity contribution in [1.29, 1.82) is 0 Å². The largest absolute Gasteiger partial charge is 0.478 e. The summed E-state index contributed by atoms with van der Waals surface area (Å²) in [5.74, 6) is -1.18. The van der Waals surface area contributed by atoms with Crippen molar-refractivity contribution in [2.24, 2.45) is 0 Å². The maximum absolute atomic E-state index is 12.2. The van der Waals surface area contributed by atoms with E-state index in [2.05, 4.69) is 0 Å². The van der Waals surface area contributed by atoms with Crippen LogP contribution in [0.3, 0.4) is 0 Å². The molecule has 0 bridgehead atoms. The van der Waals surface area contributed by atoms with E-state index in [0.717, 1.165) is 0 Å². The van der Waals surface area contributed by atoms with Gasteiger partial charge < -0.3 is 9.84 Å². The molecule has 0 aromatic heterocycles. The lowest BCUT2D eigenvalue weighted by Gasteiger charge is -2.11. The number of sulfone groups is 1. The lowest BCUT2D eigenvalue weighted by molar-refractivity contribution is 0.0696. The lowest BCUT2D eigenvalue weighted by atomic mass is 10.1. The van der Waals surface area contributed by atoms with Crippen LogP contribution in [-0.4, -0.2) is 39.0 Å². The average Bonchev–Trinajstić information content (AvgIpc) is 2.32. The van der Waals surface area contributed by atoms with Gasteiger partial charge in [-0.25, -0.2) is 13.2 Å². The van der Waals surface area contributed by atoms with E-state index in [1.807, 2.05) is 0 Å². The molecule has 1 aromatic carbocycles. The van der Waals surface area contributed by atoms with Gasteiger partial charge in [-0.3, -0.25) is 0 Å². The monoisotopic (exact) mass is 286 g/mol. The molecule has 0 heterocycles. The van der Waals surface area contributed by atoms with Crippen LogP contribution in [0.1, 0.15) is 27.9 Å². The molecular formula is C13H18O5S. The maximum Gasteiger partial charge on any atom is 0.335 e. The van der Waals surface area contributed by atoms with E-state index in [-0.39, 0.29) is 16.2 Å². The van der Waals surface area contributed by atoms with E-state index >= 15 is 0 Å². The van der Waals surface area contributed by atoms with Gasteiger partial charge in [0, 0.05) is 13.7 Å². The van der Waals surface area contributed by atoms with Crippen LogP contribution in [0.5, 0.6) is 0 Å². The Kier molecular flexibility index (Phi) is 5.08. The number of hydrogen-bond donors (Lipinski definition) is 1. The summed E-state index contributed by atoms with van der Waals surface area (Å²) in [5.41, 5.74) is 1.25. The molecule has 6 heteroatoms. The first-order chi connectivity index (χ1) is 8.79. The third-order valence-corrected chi connectivity index (χ3v) is 4.88. The highest BCUT2D eigenvalue weighted by Crippen LogP contribution is 2.22. The van der Waals surface area contributed by atoms with E-state index in [0.29, 0.717) is 24.2 Å². The Hall–Kier alpha value is -1.40. The maximum atomic E-state index is 12.2. The number of ether oxygens (including phenoxy) is 1. The molecule has 1 N–H and O–H groups in total. The summed E-state index contributed by atoms with van der Waals surface area (Å²) in [6.45, 7) is 3.75. The van der Waals surface area contributed by atoms with Crippen molar-refractivity contribution >= 4 is 15.8 Å². The molecular weight excluding hydrogens is 268 g/mol. The number of carboxylic acids is 1. The van der Waals surface area contributed by atoms with Gasteiger partial charge in [0.25, 0.3) is 0 Å². The molecule has 106 valence electrons. The fourth-order valence-corrected chi connectivity index (χ4v) is 3.43. The van der Waals surface area contributed by atoms with Crippen LogP contribution in [0.2, 0.25) is 0 Å². The van der Waals surface area contributed by atoms with Crippen LogP contribution in [0.25, 0.3) is 0 Å². The molecule has 0 saturated carbocycles. The first-order valence-electron chi connectivity index (χ1n) is 5.86. The van der Waals surface area contributed by atoms with Gasteiger partial charge in [0.15, 0.2) is 9.84 Å². The Morgan fingerprint density at radius 2 is 1.95 bits per heavy atom. The molecule has 1 rings (SSSR count). The third-order valence-electron chi connectivity index (χ3n) is 2.96. The van der Waals surface area contributed by atoms with Crippen molar-refractivity contribution in [1.82, 2.24) is 0 Å². The fourth-order valence-electron chi connectivity index (χ4n) is 1.78. The quantitative estimate of drug-likeness (QED) is 0.807. The zero-order valence-corrected chi connectivity index (χ0v) is 12.1. The molecule has 0 amide bonds. The highest BCUT2D eigenvalue weighted by atomic mass is 32.2. The van der Waals surface area contributed by atoms with E-state index in [4.69, 9.17) is 9.84 Å². The number of benzene rings is 1. The van der Waals surface area contributed by atoms with Crippen LogP contribution in [0.4, 0.5) is 0 Å². The Bertz CT molecular complexity index is 575. The summed E-state index contributed by atoms with van der Waals surface area (Å²) in [6, 6.07) is 2.71. The molecule has 0 fully saturated rings. The number of methoxy groups -OCH3 is 1. The Labute approximate surface area is 113 Å². The van der Waals surface area contributed by atoms with Gasteiger partial charge >= 0.3 is 5.97 Å². The molecule has 1 aromatic rings. The van der Waals surface area contributed by atoms with Gasteiger partial charge in [0.05, 0.1) is 16.2 Å². The molecule has 0 unspecified atom stereocenters. The number of aromatic carboxylic acids is 1. The molecule has 0 aliphatic carbocycles. The van der Waals surface area contributed by atoms with Gasteiger partial charge in [0.1, 0.15) is 0 Å². The first-order valence-corrected chi connectivity index (χ1v) is 7.51. The predicted molar refractivity (Wildman–Crippen MR) is 71.4 cm³/mol. The van der Waals surface area contributed by atoms with Gasteiger partial charge in [-0.1, -0.05) is 0 Å². The van der Waals surface area contributed by atoms with Crippen molar-refractivity contribution < 1.29 is 23.1 Å². The predicted octanol–water partition coefficient (Wildman–Crippen LogP) is 1.81. The second-order valence-corrected chi connectivity index (χ2v) is 6.46. The first kappa shape index (κ1) is 15.7. The summed E-state index contributed by atoms with van der Waals surface area (Å²) in [7, 11) is -1.98. The number of carbonyl (C=O) groups is 1. The van der Waals surface area contributed by atoms with E-state index < -0.39 is 15.8 Å². The Morgan fingerprint density at radius 3 is 2.47 bits per heavy atom. The molecule has 0 saturated heterocycles. The minimum absolute atomic E-state index is 0.00610. The van der Waals surface area contributed by atoms with Crippen molar-refractivity contribution in [3.8, 4) is 0 Å². The molecule has 5 nitrogen and oxygen atoms in total. The molecule has 0 radical (unpaired) electrons. The minimum Gasteiger partial charge on any atom is -0.478 e. The highest BCUT2D eigenvalue weighted by molar-refractivity contribution is 7.91. The summed E-state index contributed by atoms with van der Waals surface area (Å²) in [4.78, 5) is 11.1. The second-order valence-electron chi connectivity index (χ2n) is 4.39. The van der Waals surface area contributed by atoms with Gasteiger partial charge in [-0.15, -0.1) is 0 Å². The number of carboxylic acid groups (broad SMARTS) is 1. The zero-order valence-electron chi connectivity index (χ0n) is 11.3. The van der Waals surface area contributed by atoms with Crippen LogP contribution in [0, 0.1) is 13.8 Å². The van der Waals surface area contributed by atoms with Crippen molar-refractivity contribution in [2.45, 2.75) is 25.2 Å².